The number of para-hydroxylation sites is 1. The number of hydrogen-bond acceptors (Lipinski definition) is 3. The normalized spacial score (nSPS) is 20.6. The first-order valence-corrected chi connectivity index (χ1v) is 10.5. The van der Waals surface area contributed by atoms with Crippen molar-refractivity contribution in [1.29, 1.82) is 0 Å². The fourth-order valence-corrected chi connectivity index (χ4v) is 4.36. The number of likely N-dealkylation sites (tertiary alicyclic amines) is 1. The van der Waals surface area contributed by atoms with E-state index in [0.717, 1.165) is 12.1 Å². The Morgan fingerprint density at radius 2 is 1.73 bits per heavy atom. The van der Waals surface area contributed by atoms with Gasteiger partial charge in [0.15, 0.2) is 0 Å². The third kappa shape index (κ3) is 3.70. The molecule has 0 radical (unpaired) electrons. The summed E-state index contributed by atoms with van der Waals surface area (Å²) in [6, 6.07) is 15.2. The summed E-state index contributed by atoms with van der Waals surface area (Å²) in [6.07, 6.45) is 1.09. The van der Waals surface area contributed by atoms with E-state index < -0.39 is 0 Å². The van der Waals surface area contributed by atoms with Crippen molar-refractivity contribution >= 4 is 29.1 Å². The van der Waals surface area contributed by atoms with E-state index in [1.54, 1.807) is 29.2 Å². The second kappa shape index (κ2) is 7.94. The van der Waals surface area contributed by atoms with E-state index in [9.17, 15) is 14.4 Å². The Balaban J connectivity index is 1.43. The molecule has 0 saturated carbocycles. The predicted octanol–water partition coefficient (Wildman–Crippen LogP) is 3.47. The zero-order valence-electron chi connectivity index (χ0n) is 17.6. The smallest absolute Gasteiger partial charge is 0.258 e. The molecule has 0 spiro atoms. The van der Waals surface area contributed by atoms with Gasteiger partial charge in [0, 0.05) is 42.0 Å². The summed E-state index contributed by atoms with van der Waals surface area (Å²) < 4.78 is 0. The first kappa shape index (κ1) is 20.1. The number of nitrogens with one attached hydrogen (secondary N) is 1. The summed E-state index contributed by atoms with van der Waals surface area (Å²) in [4.78, 5) is 41.3. The summed E-state index contributed by atoms with van der Waals surface area (Å²) in [5.41, 5.74) is 3.36. The molecule has 3 amide bonds. The number of hydrogen-bond donors (Lipinski definition) is 1. The highest BCUT2D eigenvalue weighted by Gasteiger charge is 2.35. The molecule has 2 aromatic carbocycles. The van der Waals surface area contributed by atoms with E-state index in [2.05, 4.69) is 18.3 Å². The van der Waals surface area contributed by atoms with Crippen LogP contribution in [0, 0.1) is 5.92 Å². The molecule has 4 rings (SSSR count). The van der Waals surface area contributed by atoms with Crippen molar-refractivity contribution in [2.24, 2.45) is 5.92 Å². The van der Waals surface area contributed by atoms with Crippen molar-refractivity contribution in [2.45, 2.75) is 45.7 Å². The highest BCUT2D eigenvalue weighted by molar-refractivity contribution is 6.08. The number of rotatable bonds is 4. The molecule has 2 aliphatic heterocycles. The van der Waals surface area contributed by atoms with Crippen LogP contribution in [0.2, 0.25) is 0 Å². The van der Waals surface area contributed by atoms with Crippen LogP contribution in [0.4, 0.5) is 11.4 Å². The molecule has 2 aromatic rings. The van der Waals surface area contributed by atoms with Crippen molar-refractivity contribution in [3.8, 4) is 0 Å². The lowest BCUT2D eigenvalue weighted by Gasteiger charge is -2.23. The van der Waals surface area contributed by atoms with Crippen LogP contribution in [0.1, 0.15) is 43.1 Å². The largest absolute Gasteiger partial charge is 0.339 e. The molecule has 6 nitrogen and oxygen atoms in total. The number of amides is 3. The topological polar surface area (TPSA) is 69.7 Å². The van der Waals surface area contributed by atoms with Gasteiger partial charge in [-0.05, 0) is 63.1 Å². The van der Waals surface area contributed by atoms with Gasteiger partial charge in [-0.1, -0.05) is 18.2 Å². The maximum Gasteiger partial charge on any atom is 0.258 e. The number of fused-ring (bicyclic) bond motifs is 1. The maximum absolute atomic E-state index is 13.1. The third-order valence-corrected chi connectivity index (χ3v) is 5.98. The average Bonchev–Trinajstić information content (AvgIpc) is 3.27. The van der Waals surface area contributed by atoms with Crippen molar-refractivity contribution in [2.75, 3.05) is 16.8 Å². The lowest BCUT2D eigenvalue weighted by molar-refractivity contribution is -0.129. The molecule has 2 aliphatic rings. The first-order chi connectivity index (χ1) is 14.3. The zero-order chi connectivity index (χ0) is 21.4. The van der Waals surface area contributed by atoms with E-state index in [1.165, 1.54) is 5.56 Å². The van der Waals surface area contributed by atoms with Crippen LogP contribution in [0.5, 0.6) is 0 Å². The van der Waals surface area contributed by atoms with Gasteiger partial charge in [0.05, 0.1) is 5.92 Å². The lowest BCUT2D eigenvalue weighted by atomic mass is 10.1. The molecule has 2 heterocycles. The molecular weight excluding hydrogens is 378 g/mol. The van der Waals surface area contributed by atoms with Crippen LogP contribution >= 0.6 is 0 Å². The van der Waals surface area contributed by atoms with Gasteiger partial charge >= 0.3 is 0 Å². The van der Waals surface area contributed by atoms with Gasteiger partial charge in [0.25, 0.3) is 5.91 Å². The number of carbonyl (C=O) groups is 3. The molecule has 2 unspecified atom stereocenters. The molecule has 0 aromatic heterocycles. The van der Waals surface area contributed by atoms with E-state index in [1.807, 2.05) is 36.9 Å². The number of nitrogens with zero attached hydrogens (tertiary/aromatic N) is 2. The molecular formula is C24H27N3O3. The van der Waals surface area contributed by atoms with Crippen LogP contribution in [0.3, 0.4) is 0 Å². The molecule has 1 N–H and O–H groups in total. The van der Waals surface area contributed by atoms with Gasteiger partial charge in [-0.25, -0.2) is 0 Å². The van der Waals surface area contributed by atoms with Crippen molar-refractivity contribution in [3.05, 3.63) is 59.7 Å². The highest BCUT2D eigenvalue weighted by atomic mass is 16.2. The Labute approximate surface area is 176 Å². The van der Waals surface area contributed by atoms with Gasteiger partial charge in [-0.2, -0.15) is 0 Å². The summed E-state index contributed by atoms with van der Waals surface area (Å²) in [5.74, 6) is -0.527. The summed E-state index contributed by atoms with van der Waals surface area (Å²) in [7, 11) is 0. The molecule has 0 bridgehead atoms. The molecule has 2 atom stereocenters. The van der Waals surface area contributed by atoms with Gasteiger partial charge in [0.2, 0.25) is 11.8 Å². The van der Waals surface area contributed by atoms with Crippen LogP contribution in [0.25, 0.3) is 0 Å². The van der Waals surface area contributed by atoms with E-state index in [0.29, 0.717) is 17.8 Å². The molecule has 1 saturated heterocycles. The minimum Gasteiger partial charge on any atom is -0.339 e. The molecule has 156 valence electrons. The van der Waals surface area contributed by atoms with Crippen LogP contribution in [0.15, 0.2) is 48.5 Å². The Bertz CT molecular complexity index is 983. The van der Waals surface area contributed by atoms with E-state index in [4.69, 9.17) is 0 Å². The third-order valence-electron chi connectivity index (χ3n) is 5.98. The molecule has 6 heteroatoms. The van der Waals surface area contributed by atoms with Crippen molar-refractivity contribution < 1.29 is 14.4 Å². The highest BCUT2D eigenvalue weighted by Crippen LogP contribution is 2.33. The quantitative estimate of drug-likeness (QED) is 0.847. The minimum absolute atomic E-state index is 0.0195. The predicted molar refractivity (Wildman–Crippen MR) is 116 cm³/mol. The number of carbonyl (C=O) groups excluding carboxylic acids is 3. The Kier molecular flexibility index (Phi) is 5.33. The second-order valence-corrected chi connectivity index (χ2v) is 8.46. The molecule has 30 heavy (non-hydrogen) atoms. The van der Waals surface area contributed by atoms with Crippen LogP contribution < -0.4 is 10.2 Å². The van der Waals surface area contributed by atoms with Crippen molar-refractivity contribution in [3.63, 3.8) is 0 Å². The summed E-state index contributed by atoms with van der Waals surface area (Å²) in [5, 5.41) is 2.88. The number of anilines is 2. The monoisotopic (exact) mass is 405 g/mol. The van der Waals surface area contributed by atoms with Gasteiger partial charge < -0.3 is 15.1 Å². The fourth-order valence-electron chi connectivity index (χ4n) is 4.36. The minimum atomic E-state index is -0.344. The average molecular weight is 405 g/mol. The Morgan fingerprint density at radius 3 is 2.40 bits per heavy atom. The van der Waals surface area contributed by atoms with E-state index >= 15 is 0 Å². The maximum atomic E-state index is 13.1. The zero-order valence-corrected chi connectivity index (χ0v) is 17.6. The van der Waals surface area contributed by atoms with Crippen molar-refractivity contribution in [1.82, 2.24) is 4.90 Å². The molecule has 0 aliphatic carbocycles. The summed E-state index contributed by atoms with van der Waals surface area (Å²) >= 11 is 0. The second-order valence-electron chi connectivity index (χ2n) is 8.46. The Hall–Kier alpha value is -3.15. The van der Waals surface area contributed by atoms with Gasteiger partial charge in [-0.3, -0.25) is 14.4 Å². The number of benzene rings is 2. The SMILES string of the molecule is CC(C)N1CC(C(=O)Nc2ccc(C(=O)N3c4ccccc4CC3C)cc2)CC1=O. The summed E-state index contributed by atoms with van der Waals surface area (Å²) in [6.45, 7) is 6.40. The fraction of sp³-hybridized carbons (Fsp3) is 0.375. The van der Waals surface area contributed by atoms with E-state index in [-0.39, 0.29) is 42.1 Å². The Morgan fingerprint density at radius 1 is 1.03 bits per heavy atom. The first-order valence-electron chi connectivity index (χ1n) is 10.5. The lowest BCUT2D eigenvalue weighted by Crippen LogP contribution is -2.35. The van der Waals surface area contributed by atoms with Crippen LogP contribution in [-0.2, 0) is 16.0 Å². The van der Waals surface area contributed by atoms with Gasteiger partial charge in [0.1, 0.15) is 0 Å². The van der Waals surface area contributed by atoms with Gasteiger partial charge in [-0.15, -0.1) is 0 Å². The van der Waals surface area contributed by atoms with Crippen LogP contribution in [-0.4, -0.2) is 41.2 Å². The standard InChI is InChI=1S/C24H27N3O3/c1-15(2)26-14-19(13-22(26)28)23(29)25-20-10-8-17(9-11-20)24(30)27-16(3)12-18-6-4-5-7-21(18)27/h4-11,15-16,19H,12-14H2,1-3H3,(H,25,29). The molecule has 1 fully saturated rings.